The molecule has 1 saturated heterocycles. The lowest BCUT2D eigenvalue weighted by Gasteiger charge is -2.24. The average Bonchev–Trinajstić information content (AvgIpc) is 3.10. The summed E-state index contributed by atoms with van der Waals surface area (Å²) in [5.74, 6) is 0.752. The topological polar surface area (TPSA) is 83.3 Å². The molecule has 0 bridgehead atoms. The van der Waals surface area contributed by atoms with Crippen molar-refractivity contribution in [2.45, 2.75) is 39.0 Å². The van der Waals surface area contributed by atoms with E-state index < -0.39 is 6.17 Å². The van der Waals surface area contributed by atoms with Crippen LogP contribution in [0.4, 0.5) is 14.9 Å². The molecule has 0 aliphatic carbocycles. The molecule has 134 valence electrons. The molecule has 1 fully saturated rings. The lowest BCUT2D eigenvalue weighted by atomic mass is 10.1. The summed E-state index contributed by atoms with van der Waals surface area (Å²) in [7, 11) is 0. The molecule has 2 amide bonds. The molecule has 1 aliphatic heterocycles. The molecule has 8 heteroatoms. The summed E-state index contributed by atoms with van der Waals surface area (Å²) in [5, 5.41) is 9.49. The fourth-order valence-electron chi connectivity index (χ4n) is 3.08. The number of urea groups is 1. The summed E-state index contributed by atoms with van der Waals surface area (Å²) in [4.78, 5) is 17.9. The van der Waals surface area contributed by atoms with Crippen molar-refractivity contribution in [2.75, 3.05) is 18.4 Å². The fraction of sp³-hybridized carbons (Fsp3) is 0.471. The Kier molecular flexibility index (Phi) is 5.28. The third kappa shape index (κ3) is 4.33. The van der Waals surface area contributed by atoms with Crippen LogP contribution in [-0.4, -0.2) is 46.4 Å². The zero-order valence-electron chi connectivity index (χ0n) is 14.3. The number of aryl methyl sites for hydroxylation is 2. The van der Waals surface area contributed by atoms with E-state index in [1.807, 2.05) is 18.7 Å². The van der Waals surface area contributed by atoms with Gasteiger partial charge in [-0.05, 0) is 32.4 Å². The van der Waals surface area contributed by atoms with Gasteiger partial charge in [-0.2, -0.15) is 0 Å². The maximum Gasteiger partial charge on any atom is 0.319 e. The first-order valence-corrected chi connectivity index (χ1v) is 8.27. The molecule has 3 rings (SSSR count). The van der Waals surface area contributed by atoms with Crippen LogP contribution in [0, 0.1) is 13.8 Å². The minimum Gasteiger partial charge on any atom is -0.361 e. The molecule has 7 nitrogen and oxygen atoms in total. The van der Waals surface area contributed by atoms with Crippen LogP contribution < -0.4 is 10.6 Å². The molecule has 3 heterocycles. The van der Waals surface area contributed by atoms with Crippen LogP contribution >= 0.6 is 0 Å². The van der Waals surface area contributed by atoms with Crippen LogP contribution in [0.5, 0.6) is 0 Å². The SMILES string of the molecule is Cc1noc(C)c1CN1C[C@@H](F)C[C@H]1CNC(=O)Nc1ccncc1. The third-order valence-electron chi connectivity index (χ3n) is 4.46. The standard InChI is InChI=1S/C17H22FN5O2/c1-11-16(12(2)25-22-11)10-23-9-13(18)7-15(23)8-20-17(24)21-14-3-5-19-6-4-14/h3-6,13,15H,7-10H2,1-2H3,(H2,19,20,21,24)/t13-,15-/m0/s1. The number of rotatable bonds is 5. The highest BCUT2D eigenvalue weighted by Crippen LogP contribution is 2.24. The molecular weight excluding hydrogens is 325 g/mol. The Morgan fingerprint density at radius 2 is 2.16 bits per heavy atom. The number of anilines is 1. The number of nitrogens with zero attached hydrogens (tertiary/aromatic N) is 3. The number of hydrogen-bond donors (Lipinski definition) is 2. The number of likely N-dealkylation sites (tertiary alicyclic amines) is 1. The molecule has 2 atom stereocenters. The van der Waals surface area contributed by atoms with Crippen molar-refractivity contribution in [1.82, 2.24) is 20.4 Å². The Labute approximate surface area is 145 Å². The average molecular weight is 347 g/mol. The summed E-state index contributed by atoms with van der Waals surface area (Å²) in [5.41, 5.74) is 2.47. The second-order valence-corrected chi connectivity index (χ2v) is 6.29. The largest absolute Gasteiger partial charge is 0.361 e. The van der Waals surface area contributed by atoms with Crippen LogP contribution in [0.1, 0.15) is 23.4 Å². The Bertz CT molecular complexity index is 702. The number of nitrogens with one attached hydrogen (secondary N) is 2. The summed E-state index contributed by atoms with van der Waals surface area (Å²) in [6.45, 7) is 5.03. The van der Waals surface area contributed by atoms with Crippen LogP contribution in [0.2, 0.25) is 0 Å². The summed E-state index contributed by atoms with van der Waals surface area (Å²) < 4.78 is 19.1. The Morgan fingerprint density at radius 1 is 1.40 bits per heavy atom. The lowest BCUT2D eigenvalue weighted by Crippen LogP contribution is -2.41. The van der Waals surface area contributed by atoms with E-state index in [-0.39, 0.29) is 12.1 Å². The second kappa shape index (κ2) is 7.60. The van der Waals surface area contributed by atoms with Gasteiger partial charge in [0.1, 0.15) is 11.9 Å². The summed E-state index contributed by atoms with van der Waals surface area (Å²) in [6, 6.07) is 3.03. The van der Waals surface area contributed by atoms with E-state index in [4.69, 9.17) is 4.52 Å². The molecule has 2 aromatic rings. The number of alkyl halides is 1. The van der Waals surface area contributed by atoms with Gasteiger partial charge in [0.15, 0.2) is 0 Å². The molecule has 1 aliphatic rings. The number of aromatic nitrogens is 2. The van der Waals surface area contributed by atoms with Gasteiger partial charge in [0.2, 0.25) is 0 Å². The van der Waals surface area contributed by atoms with E-state index in [1.54, 1.807) is 24.5 Å². The quantitative estimate of drug-likeness (QED) is 0.868. The van der Waals surface area contributed by atoms with Gasteiger partial charge in [0, 0.05) is 49.3 Å². The highest BCUT2D eigenvalue weighted by atomic mass is 19.1. The molecule has 2 aromatic heterocycles. The van der Waals surface area contributed by atoms with Crippen LogP contribution in [0.3, 0.4) is 0 Å². The number of halogens is 1. The molecule has 0 radical (unpaired) electrons. The first kappa shape index (κ1) is 17.3. The van der Waals surface area contributed by atoms with E-state index in [2.05, 4.69) is 20.8 Å². The Morgan fingerprint density at radius 3 is 2.84 bits per heavy atom. The van der Waals surface area contributed by atoms with E-state index in [1.165, 1.54) is 0 Å². The van der Waals surface area contributed by atoms with E-state index in [9.17, 15) is 9.18 Å². The van der Waals surface area contributed by atoms with Gasteiger partial charge in [-0.3, -0.25) is 9.88 Å². The van der Waals surface area contributed by atoms with Crippen molar-refractivity contribution in [3.05, 3.63) is 41.5 Å². The van der Waals surface area contributed by atoms with Crippen molar-refractivity contribution in [1.29, 1.82) is 0 Å². The maximum absolute atomic E-state index is 13.9. The predicted octanol–water partition coefficient (Wildman–Crippen LogP) is 2.42. The number of pyridine rings is 1. The van der Waals surface area contributed by atoms with Gasteiger partial charge in [-0.1, -0.05) is 5.16 Å². The zero-order chi connectivity index (χ0) is 17.8. The first-order valence-electron chi connectivity index (χ1n) is 8.27. The second-order valence-electron chi connectivity index (χ2n) is 6.29. The van der Waals surface area contributed by atoms with Gasteiger partial charge in [-0.15, -0.1) is 0 Å². The Balaban J connectivity index is 1.56. The smallest absolute Gasteiger partial charge is 0.319 e. The van der Waals surface area contributed by atoms with Gasteiger partial charge in [-0.25, -0.2) is 9.18 Å². The van der Waals surface area contributed by atoms with Crippen molar-refractivity contribution in [3.63, 3.8) is 0 Å². The van der Waals surface area contributed by atoms with E-state index in [0.717, 1.165) is 17.0 Å². The monoisotopic (exact) mass is 347 g/mol. The van der Waals surface area contributed by atoms with Gasteiger partial charge >= 0.3 is 6.03 Å². The number of carbonyl (C=O) groups excluding carboxylic acids is 1. The van der Waals surface area contributed by atoms with Crippen molar-refractivity contribution < 1.29 is 13.7 Å². The minimum absolute atomic E-state index is 0.0631. The highest BCUT2D eigenvalue weighted by Gasteiger charge is 2.33. The summed E-state index contributed by atoms with van der Waals surface area (Å²) in [6.07, 6.45) is 2.71. The van der Waals surface area contributed by atoms with Crippen LogP contribution in [-0.2, 0) is 6.54 Å². The molecule has 2 N–H and O–H groups in total. The number of amides is 2. The molecule has 0 saturated carbocycles. The fourth-order valence-corrected chi connectivity index (χ4v) is 3.08. The van der Waals surface area contributed by atoms with Crippen molar-refractivity contribution >= 4 is 11.7 Å². The first-order chi connectivity index (χ1) is 12.0. The number of carbonyl (C=O) groups is 1. The lowest BCUT2D eigenvalue weighted by molar-refractivity contribution is 0.223. The Hall–Kier alpha value is -2.48. The minimum atomic E-state index is -0.893. The molecule has 0 unspecified atom stereocenters. The predicted molar refractivity (Wildman–Crippen MR) is 90.9 cm³/mol. The third-order valence-corrected chi connectivity index (χ3v) is 4.46. The molecular formula is C17H22FN5O2. The van der Waals surface area contributed by atoms with Crippen LogP contribution in [0.25, 0.3) is 0 Å². The van der Waals surface area contributed by atoms with Gasteiger partial charge in [0.25, 0.3) is 0 Å². The zero-order valence-corrected chi connectivity index (χ0v) is 14.3. The van der Waals surface area contributed by atoms with Gasteiger partial charge in [0.05, 0.1) is 5.69 Å². The summed E-state index contributed by atoms with van der Waals surface area (Å²) >= 11 is 0. The highest BCUT2D eigenvalue weighted by molar-refractivity contribution is 5.89. The molecule has 25 heavy (non-hydrogen) atoms. The normalized spacial score (nSPS) is 20.6. The van der Waals surface area contributed by atoms with E-state index in [0.29, 0.717) is 31.7 Å². The van der Waals surface area contributed by atoms with Gasteiger partial charge < -0.3 is 15.2 Å². The van der Waals surface area contributed by atoms with Crippen molar-refractivity contribution in [3.8, 4) is 0 Å². The maximum atomic E-state index is 13.9. The molecule has 0 spiro atoms. The number of hydrogen-bond acceptors (Lipinski definition) is 5. The van der Waals surface area contributed by atoms with Crippen LogP contribution in [0.15, 0.2) is 29.0 Å². The van der Waals surface area contributed by atoms with E-state index >= 15 is 0 Å². The molecule has 0 aromatic carbocycles. The van der Waals surface area contributed by atoms with Crippen molar-refractivity contribution in [2.24, 2.45) is 0 Å².